The fourth-order valence-electron chi connectivity index (χ4n) is 3.94. The maximum absolute atomic E-state index is 2.50. The molecule has 0 radical (unpaired) electrons. The lowest BCUT2D eigenvalue weighted by atomic mass is 9.88. The van der Waals surface area contributed by atoms with E-state index in [1.807, 2.05) is 0 Å². The van der Waals surface area contributed by atoms with Crippen LogP contribution < -0.4 is 0 Å². The van der Waals surface area contributed by atoms with Crippen molar-refractivity contribution in [3.05, 3.63) is 12.2 Å². The molecule has 0 aliphatic heterocycles. The van der Waals surface area contributed by atoms with Crippen LogP contribution in [0.5, 0.6) is 0 Å². The third kappa shape index (κ3) is 5.30. The minimum atomic E-state index is 0.965. The van der Waals surface area contributed by atoms with Gasteiger partial charge in [0.05, 0.1) is 0 Å². The van der Waals surface area contributed by atoms with Gasteiger partial charge in [-0.2, -0.15) is 0 Å². The number of hydrogen-bond donors (Lipinski definition) is 0. The molecule has 1 heteroatoms. The minimum Gasteiger partial charge on any atom is -0.309 e. The lowest BCUT2D eigenvalue weighted by molar-refractivity contribution is 0.384. The van der Waals surface area contributed by atoms with Crippen molar-refractivity contribution in [2.75, 3.05) is 20.6 Å². The van der Waals surface area contributed by atoms with E-state index >= 15 is 0 Å². The molecule has 2 bridgehead atoms. The standard InChI is InChI=1S/C18H33N/c1-19(2)13-9-7-5-3-4-6-8-10-17-14-16-11-12-18(17)15-16/h11-12,16-18H,3-10,13-15H2,1-2H3. The van der Waals surface area contributed by atoms with Gasteiger partial charge in [0.25, 0.3) is 0 Å². The maximum Gasteiger partial charge on any atom is -0.00248 e. The van der Waals surface area contributed by atoms with Crippen LogP contribution in [0.1, 0.15) is 64.2 Å². The second kappa shape index (κ2) is 8.09. The van der Waals surface area contributed by atoms with Crippen molar-refractivity contribution in [1.29, 1.82) is 0 Å². The summed E-state index contributed by atoms with van der Waals surface area (Å²) < 4.78 is 0. The van der Waals surface area contributed by atoms with Gasteiger partial charge >= 0.3 is 0 Å². The predicted octanol–water partition coefficient (Wildman–Crippen LogP) is 4.88. The fraction of sp³-hybridized carbons (Fsp3) is 0.889. The van der Waals surface area contributed by atoms with Crippen molar-refractivity contribution in [1.82, 2.24) is 4.90 Å². The molecule has 2 aliphatic rings. The normalized spacial score (nSPS) is 28.7. The molecule has 0 amide bonds. The quantitative estimate of drug-likeness (QED) is 0.401. The van der Waals surface area contributed by atoms with E-state index in [0.717, 1.165) is 17.8 Å². The van der Waals surface area contributed by atoms with Gasteiger partial charge in [0.2, 0.25) is 0 Å². The highest BCUT2D eigenvalue weighted by Gasteiger charge is 2.34. The summed E-state index contributed by atoms with van der Waals surface area (Å²) >= 11 is 0. The molecule has 0 heterocycles. The molecule has 19 heavy (non-hydrogen) atoms. The Hall–Kier alpha value is -0.300. The van der Waals surface area contributed by atoms with Crippen LogP contribution in [-0.4, -0.2) is 25.5 Å². The zero-order valence-electron chi connectivity index (χ0n) is 13.1. The van der Waals surface area contributed by atoms with E-state index in [0.29, 0.717) is 0 Å². The average molecular weight is 263 g/mol. The van der Waals surface area contributed by atoms with E-state index in [4.69, 9.17) is 0 Å². The fourth-order valence-corrected chi connectivity index (χ4v) is 3.94. The topological polar surface area (TPSA) is 3.24 Å². The van der Waals surface area contributed by atoms with Crippen molar-refractivity contribution in [2.24, 2.45) is 17.8 Å². The van der Waals surface area contributed by atoms with Gasteiger partial charge in [-0.05, 0) is 64.1 Å². The van der Waals surface area contributed by atoms with Gasteiger partial charge in [0.15, 0.2) is 0 Å². The van der Waals surface area contributed by atoms with Crippen LogP contribution in [-0.2, 0) is 0 Å². The van der Waals surface area contributed by atoms with Crippen LogP contribution in [0.25, 0.3) is 0 Å². The minimum absolute atomic E-state index is 0.965. The largest absolute Gasteiger partial charge is 0.309 e. The Morgan fingerprint density at radius 2 is 1.53 bits per heavy atom. The molecule has 3 unspecified atom stereocenters. The molecule has 1 saturated carbocycles. The Morgan fingerprint density at radius 1 is 0.842 bits per heavy atom. The molecule has 110 valence electrons. The molecule has 0 aromatic heterocycles. The highest BCUT2D eigenvalue weighted by Crippen LogP contribution is 2.45. The van der Waals surface area contributed by atoms with Gasteiger partial charge in [-0.15, -0.1) is 0 Å². The molecule has 2 rings (SSSR count). The molecular weight excluding hydrogens is 230 g/mol. The van der Waals surface area contributed by atoms with Crippen molar-refractivity contribution < 1.29 is 0 Å². The molecular formula is C18H33N. The summed E-state index contributed by atoms with van der Waals surface area (Å²) in [4.78, 5) is 2.30. The summed E-state index contributed by atoms with van der Waals surface area (Å²) in [5.74, 6) is 2.98. The lowest BCUT2D eigenvalue weighted by Crippen LogP contribution is -2.12. The Balaban J connectivity index is 1.36. The van der Waals surface area contributed by atoms with E-state index in [2.05, 4.69) is 31.1 Å². The monoisotopic (exact) mass is 263 g/mol. The molecule has 1 fully saturated rings. The van der Waals surface area contributed by atoms with Crippen LogP contribution in [0.3, 0.4) is 0 Å². The second-order valence-electron chi connectivity index (χ2n) is 7.11. The Labute approximate surface area is 120 Å². The summed E-state index contributed by atoms with van der Waals surface area (Å²) in [6.45, 7) is 1.26. The first-order chi connectivity index (χ1) is 9.25. The number of nitrogens with zero attached hydrogens (tertiary/aromatic N) is 1. The zero-order valence-corrected chi connectivity index (χ0v) is 13.1. The summed E-state index contributed by atoms with van der Waals surface area (Å²) in [5, 5.41) is 0. The Bertz CT molecular complexity index is 269. The molecule has 0 saturated heterocycles. The summed E-state index contributed by atoms with van der Waals surface area (Å²) in [6.07, 6.45) is 19.6. The highest BCUT2D eigenvalue weighted by molar-refractivity contribution is 5.09. The number of unbranched alkanes of at least 4 members (excludes halogenated alkanes) is 6. The van der Waals surface area contributed by atoms with Gasteiger partial charge in [-0.25, -0.2) is 0 Å². The molecule has 0 spiro atoms. The van der Waals surface area contributed by atoms with Crippen LogP contribution >= 0.6 is 0 Å². The number of fused-ring (bicyclic) bond motifs is 2. The molecule has 0 N–H and O–H groups in total. The van der Waals surface area contributed by atoms with Gasteiger partial charge in [0, 0.05) is 0 Å². The van der Waals surface area contributed by atoms with Gasteiger partial charge < -0.3 is 4.90 Å². The first-order valence-electron chi connectivity index (χ1n) is 8.59. The van der Waals surface area contributed by atoms with Crippen LogP contribution in [0, 0.1) is 17.8 Å². The molecule has 0 aromatic rings. The van der Waals surface area contributed by atoms with Gasteiger partial charge in [-0.1, -0.05) is 50.7 Å². The van der Waals surface area contributed by atoms with Crippen LogP contribution in [0.2, 0.25) is 0 Å². The third-order valence-electron chi connectivity index (χ3n) is 5.10. The van der Waals surface area contributed by atoms with Gasteiger partial charge in [-0.3, -0.25) is 0 Å². The van der Waals surface area contributed by atoms with E-state index in [9.17, 15) is 0 Å². The maximum atomic E-state index is 2.50. The van der Waals surface area contributed by atoms with E-state index < -0.39 is 0 Å². The van der Waals surface area contributed by atoms with Crippen LogP contribution in [0.15, 0.2) is 12.2 Å². The predicted molar refractivity (Wildman–Crippen MR) is 84.3 cm³/mol. The Morgan fingerprint density at radius 3 is 2.11 bits per heavy atom. The smallest absolute Gasteiger partial charge is 0.00248 e. The number of allylic oxidation sites excluding steroid dienone is 2. The number of hydrogen-bond acceptors (Lipinski definition) is 1. The molecule has 0 aromatic carbocycles. The summed E-state index contributed by atoms with van der Waals surface area (Å²) in [5.41, 5.74) is 0. The van der Waals surface area contributed by atoms with Crippen LogP contribution in [0.4, 0.5) is 0 Å². The molecule has 2 aliphatic carbocycles. The third-order valence-corrected chi connectivity index (χ3v) is 5.10. The highest BCUT2D eigenvalue weighted by atomic mass is 15.0. The van der Waals surface area contributed by atoms with Gasteiger partial charge in [0.1, 0.15) is 0 Å². The number of rotatable bonds is 10. The Kier molecular flexibility index (Phi) is 6.43. The van der Waals surface area contributed by atoms with Crippen molar-refractivity contribution in [3.8, 4) is 0 Å². The molecule has 1 nitrogen and oxygen atoms in total. The zero-order chi connectivity index (χ0) is 13.5. The van der Waals surface area contributed by atoms with Crippen molar-refractivity contribution >= 4 is 0 Å². The van der Waals surface area contributed by atoms with Crippen molar-refractivity contribution in [2.45, 2.75) is 64.2 Å². The van der Waals surface area contributed by atoms with E-state index in [1.165, 1.54) is 70.8 Å². The first kappa shape index (κ1) is 15.1. The van der Waals surface area contributed by atoms with E-state index in [1.54, 1.807) is 0 Å². The van der Waals surface area contributed by atoms with E-state index in [-0.39, 0.29) is 0 Å². The average Bonchev–Trinajstić information content (AvgIpc) is 2.98. The SMILES string of the molecule is CN(C)CCCCCCCCCC1CC2C=CC1C2. The second-order valence-corrected chi connectivity index (χ2v) is 7.11. The summed E-state index contributed by atoms with van der Waals surface area (Å²) in [6, 6.07) is 0. The lowest BCUT2D eigenvalue weighted by Gasteiger charge is -2.17. The summed E-state index contributed by atoms with van der Waals surface area (Å²) in [7, 11) is 4.34. The molecule has 3 atom stereocenters. The first-order valence-corrected chi connectivity index (χ1v) is 8.59. The van der Waals surface area contributed by atoms with Crippen molar-refractivity contribution in [3.63, 3.8) is 0 Å².